The zero-order valence-corrected chi connectivity index (χ0v) is 28.8. The maximum Gasteiger partial charge on any atom is 0.140 e. The zero-order valence-electron chi connectivity index (χ0n) is 28.0. The number of carbonyl (C=O) groups is 1. The highest BCUT2D eigenvalue weighted by atomic mass is 32.2. The van der Waals surface area contributed by atoms with Gasteiger partial charge in [-0.25, -0.2) is 0 Å². The van der Waals surface area contributed by atoms with E-state index < -0.39 is 11.1 Å². The van der Waals surface area contributed by atoms with Crippen molar-refractivity contribution in [1.82, 2.24) is 10.2 Å². The molecule has 2 aliphatic heterocycles. The van der Waals surface area contributed by atoms with Crippen molar-refractivity contribution in [2.24, 2.45) is 5.92 Å². The van der Waals surface area contributed by atoms with Crippen LogP contribution in [0.2, 0.25) is 0 Å². The van der Waals surface area contributed by atoms with Crippen molar-refractivity contribution < 1.29 is 14.3 Å². The number of rotatable bonds is 12. The van der Waals surface area contributed by atoms with Crippen LogP contribution in [0.15, 0.2) is 77.7 Å². The van der Waals surface area contributed by atoms with Crippen LogP contribution in [0.5, 0.6) is 0 Å². The average molecular weight is 630 g/mol. The summed E-state index contributed by atoms with van der Waals surface area (Å²) in [5, 5.41) is 3.72. The number of anilines is 1. The van der Waals surface area contributed by atoms with Crippen molar-refractivity contribution in [3.8, 4) is 0 Å². The number of hydrogen-bond donors (Lipinski definition) is 1. The molecule has 0 bridgehead atoms. The molecular formula is C38H51N3O3S. The lowest BCUT2D eigenvalue weighted by Gasteiger charge is -2.56. The number of ether oxygens (including phenoxy) is 2. The number of aryl methyl sites for hydroxylation is 1. The minimum absolute atomic E-state index is 0.214. The second kappa shape index (κ2) is 14.8. The third-order valence-corrected chi connectivity index (χ3v) is 10.9. The highest BCUT2D eigenvalue weighted by molar-refractivity contribution is 7.98. The summed E-state index contributed by atoms with van der Waals surface area (Å²) >= 11 is 1.75. The van der Waals surface area contributed by atoms with E-state index >= 15 is 0 Å². The number of Topliss-reactive ketones (excluding diaryl/α,β-unsaturated/α-hetero) is 1. The lowest BCUT2D eigenvalue weighted by Crippen LogP contribution is -2.65. The Kier molecular flexibility index (Phi) is 11.1. The Labute approximate surface area is 274 Å². The molecule has 4 atom stereocenters. The Morgan fingerprint density at radius 3 is 2.33 bits per heavy atom. The highest BCUT2D eigenvalue weighted by Crippen LogP contribution is 2.52. The standard InChI is InChI=1S/C38H51N3O3S/c1-7-34(42)35(30-13-15-31(16-14-30)41-20-23-43-24-21-41)36(37(3,40(4)5)26-29-11-9-8-10-12-29)38(27-39-19-22-44-38)33-18-17-32(45-6)25-28(33)2/h8-18,25,35-36,39H,7,19-24,26-27H2,1-6H3. The molecule has 0 amide bonds. The van der Waals surface area contributed by atoms with Crippen molar-refractivity contribution in [2.75, 3.05) is 71.3 Å². The number of hydrogen-bond acceptors (Lipinski definition) is 7. The van der Waals surface area contributed by atoms with Gasteiger partial charge in [0.15, 0.2) is 0 Å². The Bertz CT molecular complexity index is 1400. The maximum absolute atomic E-state index is 14.5. The molecule has 2 fully saturated rings. The van der Waals surface area contributed by atoms with E-state index in [2.05, 4.69) is 122 Å². The van der Waals surface area contributed by atoms with Gasteiger partial charge in [-0.1, -0.05) is 55.5 Å². The van der Waals surface area contributed by atoms with E-state index in [0.717, 1.165) is 50.4 Å². The molecule has 2 saturated heterocycles. The number of likely N-dealkylation sites (N-methyl/N-ethyl adjacent to an activating group) is 1. The summed E-state index contributed by atoms with van der Waals surface area (Å²) < 4.78 is 12.7. The van der Waals surface area contributed by atoms with Crippen molar-refractivity contribution in [3.63, 3.8) is 0 Å². The van der Waals surface area contributed by atoms with Gasteiger partial charge < -0.3 is 24.6 Å². The van der Waals surface area contributed by atoms with Gasteiger partial charge in [0, 0.05) is 54.6 Å². The predicted molar refractivity (Wildman–Crippen MR) is 187 cm³/mol. The SMILES string of the molecule is CCC(=O)C(c1ccc(N2CCOCC2)cc1)C(C1(c2ccc(SC)cc2C)CNCCO1)C(C)(Cc1ccccc1)N(C)C. The smallest absolute Gasteiger partial charge is 0.140 e. The second-order valence-corrected chi connectivity index (χ2v) is 13.9. The molecule has 3 aromatic rings. The molecule has 0 radical (unpaired) electrons. The van der Waals surface area contributed by atoms with Crippen LogP contribution in [0.4, 0.5) is 5.69 Å². The van der Waals surface area contributed by atoms with Gasteiger partial charge in [-0.2, -0.15) is 0 Å². The van der Waals surface area contributed by atoms with Gasteiger partial charge in [0.25, 0.3) is 0 Å². The number of morpholine rings is 2. The normalized spacial score (nSPS) is 21.7. The number of carbonyl (C=O) groups excluding carboxylic acids is 1. The van der Waals surface area contributed by atoms with Gasteiger partial charge in [-0.05, 0) is 87.1 Å². The lowest BCUT2D eigenvalue weighted by atomic mass is 9.59. The van der Waals surface area contributed by atoms with Crippen molar-refractivity contribution >= 4 is 23.2 Å². The van der Waals surface area contributed by atoms with E-state index in [9.17, 15) is 4.79 Å². The summed E-state index contributed by atoms with van der Waals surface area (Å²) in [5.74, 6) is -0.356. The van der Waals surface area contributed by atoms with E-state index in [-0.39, 0.29) is 17.6 Å². The average Bonchev–Trinajstić information content (AvgIpc) is 3.07. The second-order valence-electron chi connectivity index (χ2n) is 13.0. The fourth-order valence-electron chi connectivity index (χ4n) is 7.59. The van der Waals surface area contributed by atoms with Crippen LogP contribution in [0.1, 0.15) is 48.4 Å². The summed E-state index contributed by atoms with van der Waals surface area (Å²) in [4.78, 5) is 20.5. The minimum Gasteiger partial charge on any atom is -0.378 e. The molecule has 3 aromatic carbocycles. The molecule has 7 heteroatoms. The highest BCUT2D eigenvalue weighted by Gasteiger charge is 2.57. The number of ketones is 1. The molecule has 0 aliphatic carbocycles. The molecular weight excluding hydrogens is 579 g/mol. The van der Waals surface area contributed by atoms with E-state index in [1.54, 1.807) is 11.8 Å². The summed E-state index contributed by atoms with van der Waals surface area (Å²) in [6.45, 7) is 11.8. The number of benzene rings is 3. The van der Waals surface area contributed by atoms with Crippen LogP contribution in [0.25, 0.3) is 0 Å². The summed E-state index contributed by atoms with van der Waals surface area (Å²) in [7, 11) is 4.33. The minimum atomic E-state index is -0.745. The third-order valence-electron chi connectivity index (χ3n) is 10.2. The molecule has 2 aliphatic rings. The molecule has 2 heterocycles. The maximum atomic E-state index is 14.5. The first-order valence-corrected chi connectivity index (χ1v) is 17.6. The molecule has 4 unspecified atom stereocenters. The molecule has 1 N–H and O–H groups in total. The molecule has 0 aromatic heterocycles. The van der Waals surface area contributed by atoms with Crippen molar-refractivity contribution in [2.45, 2.75) is 55.6 Å². The molecule has 242 valence electrons. The van der Waals surface area contributed by atoms with Crippen LogP contribution in [-0.2, 0) is 26.3 Å². The first kappa shape index (κ1) is 33.7. The van der Waals surface area contributed by atoms with E-state index in [1.807, 2.05) is 6.92 Å². The van der Waals surface area contributed by atoms with Gasteiger partial charge in [0.05, 0.1) is 25.7 Å². The predicted octanol–water partition coefficient (Wildman–Crippen LogP) is 6.31. The van der Waals surface area contributed by atoms with Crippen LogP contribution >= 0.6 is 11.8 Å². The Hall–Kier alpha value is -2.68. The quantitative estimate of drug-likeness (QED) is 0.236. The van der Waals surface area contributed by atoms with E-state index in [0.29, 0.717) is 19.6 Å². The van der Waals surface area contributed by atoms with Crippen molar-refractivity contribution in [3.05, 3.63) is 95.1 Å². The van der Waals surface area contributed by atoms with Gasteiger partial charge >= 0.3 is 0 Å². The number of nitrogens with zero attached hydrogens (tertiary/aromatic N) is 2. The molecule has 45 heavy (non-hydrogen) atoms. The molecule has 0 saturated carbocycles. The van der Waals surface area contributed by atoms with Crippen molar-refractivity contribution in [1.29, 1.82) is 0 Å². The topological polar surface area (TPSA) is 54.0 Å². The monoisotopic (exact) mass is 629 g/mol. The van der Waals surface area contributed by atoms with E-state index in [1.165, 1.54) is 21.7 Å². The Balaban J connectivity index is 1.74. The Morgan fingerprint density at radius 1 is 1.04 bits per heavy atom. The summed E-state index contributed by atoms with van der Waals surface area (Å²) in [6.07, 6.45) is 3.35. The zero-order chi connectivity index (χ0) is 32.0. The van der Waals surface area contributed by atoms with Crippen LogP contribution in [0, 0.1) is 12.8 Å². The first-order chi connectivity index (χ1) is 21.7. The molecule has 5 rings (SSSR count). The van der Waals surface area contributed by atoms with Crippen LogP contribution < -0.4 is 10.2 Å². The van der Waals surface area contributed by atoms with Gasteiger partial charge in [0.1, 0.15) is 11.4 Å². The van der Waals surface area contributed by atoms with E-state index in [4.69, 9.17) is 9.47 Å². The number of nitrogens with one attached hydrogen (secondary N) is 1. The van der Waals surface area contributed by atoms with Gasteiger partial charge in [0.2, 0.25) is 0 Å². The van der Waals surface area contributed by atoms with Gasteiger partial charge in [-0.15, -0.1) is 11.8 Å². The van der Waals surface area contributed by atoms with Crippen LogP contribution in [-0.4, -0.2) is 82.6 Å². The Morgan fingerprint density at radius 2 is 1.76 bits per heavy atom. The third kappa shape index (κ3) is 7.03. The largest absolute Gasteiger partial charge is 0.378 e. The van der Waals surface area contributed by atoms with Gasteiger partial charge in [-0.3, -0.25) is 4.79 Å². The molecule has 6 nitrogen and oxygen atoms in total. The summed E-state index contributed by atoms with van der Waals surface area (Å²) in [5.41, 5.74) is 4.64. The molecule has 0 spiro atoms. The number of thioether (sulfide) groups is 1. The lowest BCUT2D eigenvalue weighted by molar-refractivity contribution is -0.162. The summed E-state index contributed by atoms with van der Waals surface area (Å²) in [6, 6.07) is 26.2. The van der Waals surface area contributed by atoms with Crippen LogP contribution in [0.3, 0.4) is 0 Å². The first-order valence-electron chi connectivity index (χ1n) is 16.4. The fraction of sp³-hybridized carbons (Fsp3) is 0.500. The fourth-order valence-corrected chi connectivity index (χ4v) is 8.09.